The Hall–Kier alpha value is -1.45. The fourth-order valence-electron chi connectivity index (χ4n) is 2.99. The summed E-state index contributed by atoms with van der Waals surface area (Å²) in [5.41, 5.74) is 6.79. The highest BCUT2D eigenvalue weighted by atomic mass is 79.9. The summed E-state index contributed by atoms with van der Waals surface area (Å²) < 4.78 is 5.37. The SMILES string of the molecule is Cc1ccc(C)n1-c1cc(Cl)c(-n2c(C)ccc2C)c(Br)c1. The smallest absolute Gasteiger partial charge is 0.0786 e. The van der Waals surface area contributed by atoms with Crippen molar-refractivity contribution in [2.24, 2.45) is 0 Å². The first-order valence-electron chi connectivity index (χ1n) is 7.20. The number of nitrogens with zero attached hydrogens (tertiary/aromatic N) is 2. The lowest BCUT2D eigenvalue weighted by molar-refractivity contribution is 0.941. The van der Waals surface area contributed by atoms with Crippen LogP contribution in [0.4, 0.5) is 0 Å². The zero-order valence-corrected chi connectivity index (χ0v) is 15.5. The van der Waals surface area contributed by atoms with Crippen LogP contribution in [0, 0.1) is 27.7 Å². The van der Waals surface area contributed by atoms with E-state index in [1.165, 1.54) is 22.8 Å². The monoisotopic (exact) mass is 376 g/mol. The third kappa shape index (κ3) is 2.42. The lowest BCUT2D eigenvalue weighted by Gasteiger charge is -2.17. The zero-order valence-electron chi connectivity index (χ0n) is 13.1. The molecule has 0 N–H and O–H groups in total. The summed E-state index contributed by atoms with van der Waals surface area (Å²) >= 11 is 10.3. The fraction of sp³-hybridized carbons (Fsp3) is 0.222. The summed E-state index contributed by atoms with van der Waals surface area (Å²) in [6, 6.07) is 12.6. The van der Waals surface area contributed by atoms with E-state index in [0.717, 1.165) is 20.9 Å². The van der Waals surface area contributed by atoms with E-state index in [4.69, 9.17) is 11.6 Å². The minimum absolute atomic E-state index is 0.735. The highest BCUT2D eigenvalue weighted by Gasteiger charge is 2.15. The van der Waals surface area contributed by atoms with Crippen molar-refractivity contribution in [3.05, 3.63) is 68.7 Å². The molecule has 0 spiro atoms. The molecule has 0 atom stereocenters. The molecule has 3 rings (SSSR count). The van der Waals surface area contributed by atoms with Gasteiger partial charge in [0.1, 0.15) is 0 Å². The molecular weight excluding hydrogens is 360 g/mol. The van der Waals surface area contributed by atoms with Crippen LogP contribution in [0.15, 0.2) is 40.9 Å². The Labute approximate surface area is 144 Å². The standard InChI is InChI=1S/C18H18BrClN2/c1-11-5-6-12(2)21(11)15-9-16(19)18(17(20)10-15)22-13(3)7-8-14(22)4/h5-10H,1-4H3. The number of rotatable bonds is 2. The molecule has 0 aliphatic carbocycles. The van der Waals surface area contributed by atoms with Crippen LogP contribution in [0.25, 0.3) is 11.4 Å². The first-order chi connectivity index (χ1) is 10.4. The number of hydrogen-bond acceptors (Lipinski definition) is 0. The van der Waals surface area contributed by atoms with Crippen LogP contribution in [-0.2, 0) is 0 Å². The largest absolute Gasteiger partial charge is 0.318 e. The molecular formula is C18H18BrClN2. The van der Waals surface area contributed by atoms with Crippen LogP contribution in [0.5, 0.6) is 0 Å². The van der Waals surface area contributed by atoms with Crippen molar-refractivity contribution in [2.45, 2.75) is 27.7 Å². The average molecular weight is 378 g/mol. The van der Waals surface area contributed by atoms with Gasteiger partial charge in [-0.25, -0.2) is 0 Å². The molecule has 0 radical (unpaired) electrons. The van der Waals surface area contributed by atoms with Crippen molar-refractivity contribution < 1.29 is 0 Å². The van der Waals surface area contributed by atoms with E-state index in [1.54, 1.807) is 0 Å². The maximum Gasteiger partial charge on any atom is 0.0786 e. The minimum Gasteiger partial charge on any atom is -0.318 e. The molecule has 0 bridgehead atoms. The Morgan fingerprint density at radius 1 is 0.773 bits per heavy atom. The second-order valence-electron chi connectivity index (χ2n) is 5.66. The molecule has 3 aromatic rings. The molecule has 0 fully saturated rings. The van der Waals surface area contributed by atoms with Crippen LogP contribution in [0.2, 0.25) is 5.02 Å². The van der Waals surface area contributed by atoms with Crippen LogP contribution >= 0.6 is 27.5 Å². The molecule has 4 heteroatoms. The molecule has 0 aliphatic rings. The maximum atomic E-state index is 6.63. The van der Waals surface area contributed by atoms with Gasteiger partial charge < -0.3 is 9.13 Å². The third-order valence-corrected chi connectivity index (χ3v) is 4.92. The van der Waals surface area contributed by atoms with E-state index in [2.05, 4.69) is 83.1 Å². The quantitative estimate of drug-likeness (QED) is 0.525. The third-order valence-electron chi connectivity index (χ3n) is 4.03. The van der Waals surface area contributed by atoms with E-state index in [9.17, 15) is 0 Å². The second-order valence-corrected chi connectivity index (χ2v) is 6.92. The molecule has 2 aromatic heterocycles. The number of aryl methyl sites for hydroxylation is 4. The Morgan fingerprint density at radius 2 is 1.23 bits per heavy atom. The zero-order chi connectivity index (χ0) is 16.0. The molecule has 1 aromatic carbocycles. The first-order valence-corrected chi connectivity index (χ1v) is 8.37. The van der Waals surface area contributed by atoms with Crippen LogP contribution in [0.1, 0.15) is 22.8 Å². The topological polar surface area (TPSA) is 9.86 Å². The first kappa shape index (κ1) is 15.4. The van der Waals surface area contributed by atoms with Gasteiger partial charge >= 0.3 is 0 Å². The normalized spacial score (nSPS) is 11.2. The van der Waals surface area contributed by atoms with Crippen molar-refractivity contribution in [3.8, 4) is 11.4 Å². The summed E-state index contributed by atoms with van der Waals surface area (Å²) in [5.74, 6) is 0. The van der Waals surface area contributed by atoms with Crippen molar-refractivity contribution >= 4 is 27.5 Å². The maximum absolute atomic E-state index is 6.63. The Kier molecular flexibility index (Phi) is 3.96. The van der Waals surface area contributed by atoms with Gasteiger partial charge in [0, 0.05) is 32.9 Å². The summed E-state index contributed by atoms with van der Waals surface area (Å²) in [4.78, 5) is 0. The lowest BCUT2D eigenvalue weighted by atomic mass is 10.2. The van der Waals surface area contributed by atoms with E-state index < -0.39 is 0 Å². The van der Waals surface area contributed by atoms with Gasteiger partial charge in [-0.1, -0.05) is 11.6 Å². The van der Waals surface area contributed by atoms with Gasteiger partial charge in [-0.15, -0.1) is 0 Å². The lowest BCUT2D eigenvalue weighted by Crippen LogP contribution is -2.04. The second kappa shape index (κ2) is 5.64. The summed E-state index contributed by atoms with van der Waals surface area (Å²) in [6.45, 7) is 8.37. The molecule has 0 saturated carbocycles. The molecule has 0 aliphatic heterocycles. The number of aromatic nitrogens is 2. The molecule has 0 saturated heterocycles. The van der Waals surface area contributed by atoms with E-state index in [-0.39, 0.29) is 0 Å². The van der Waals surface area contributed by atoms with Gasteiger partial charge in [-0.05, 0) is 80.0 Å². The van der Waals surface area contributed by atoms with Crippen molar-refractivity contribution in [1.29, 1.82) is 0 Å². The van der Waals surface area contributed by atoms with E-state index in [1.807, 2.05) is 6.07 Å². The number of hydrogen-bond donors (Lipinski definition) is 0. The average Bonchev–Trinajstić information content (AvgIpc) is 2.94. The Morgan fingerprint density at radius 3 is 1.68 bits per heavy atom. The molecule has 114 valence electrons. The predicted molar refractivity (Wildman–Crippen MR) is 96.8 cm³/mol. The molecule has 22 heavy (non-hydrogen) atoms. The summed E-state index contributed by atoms with van der Waals surface area (Å²) in [6.07, 6.45) is 0. The number of benzene rings is 1. The van der Waals surface area contributed by atoms with Crippen molar-refractivity contribution in [2.75, 3.05) is 0 Å². The van der Waals surface area contributed by atoms with Crippen LogP contribution in [-0.4, -0.2) is 9.13 Å². The van der Waals surface area contributed by atoms with Gasteiger partial charge in [0.05, 0.1) is 10.7 Å². The van der Waals surface area contributed by atoms with E-state index >= 15 is 0 Å². The van der Waals surface area contributed by atoms with Gasteiger partial charge in [-0.2, -0.15) is 0 Å². The predicted octanol–water partition coefficient (Wildman–Crippen LogP) is 5.92. The van der Waals surface area contributed by atoms with E-state index in [0.29, 0.717) is 0 Å². The van der Waals surface area contributed by atoms with Gasteiger partial charge in [0.25, 0.3) is 0 Å². The van der Waals surface area contributed by atoms with Crippen molar-refractivity contribution in [3.63, 3.8) is 0 Å². The summed E-state index contributed by atoms with van der Waals surface area (Å²) in [7, 11) is 0. The van der Waals surface area contributed by atoms with Crippen molar-refractivity contribution in [1.82, 2.24) is 9.13 Å². The van der Waals surface area contributed by atoms with Crippen LogP contribution < -0.4 is 0 Å². The molecule has 0 unspecified atom stereocenters. The van der Waals surface area contributed by atoms with Crippen LogP contribution in [0.3, 0.4) is 0 Å². The fourth-order valence-corrected chi connectivity index (χ4v) is 4.03. The highest BCUT2D eigenvalue weighted by Crippen LogP contribution is 2.34. The Bertz CT molecular complexity index is 796. The highest BCUT2D eigenvalue weighted by molar-refractivity contribution is 9.10. The van der Waals surface area contributed by atoms with Gasteiger partial charge in [-0.3, -0.25) is 0 Å². The molecule has 0 amide bonds. The number of halogens is 2. The van der Waals surface area contributed by atoms with Gasteiger partial charge in [0.15, 0.2) is 0 Å². The summed E-state index contributed by atoms with van der Waals surface area (Å²) in [5, 5.41) is 0.735. The Balaban J connectivity index is 2.22. The minimum atomic E-state index is 0.735. The molecule has 2 nitrogen and oxygen atoms in total. The van der Waals surface area contributed by atoms with Gasteiger partial charge in [0.2, 0.25) is 0 Å². The molecule has 2 heterocycles.